The van der Waals surface area contributed by atoms with Crippen LogP contribution in [-0.4, -0.2) is 10.3 Å². The predicted octanol–water partition coefficient (Wildman–Crippen LogP) is 4.19. The van der Waals surface area contributed by atoms with Crippen LogP contribution in [0.1, 0.15) is 12.0 Å². The highest BCUT2D eigenvalue weighted by molar-refractivity contribution is 9.09. The summed E-state index contributed by atoms with van der Waals surface area (Å²) in [7, 11) is 0. The van der Waals surface area contributed by atoms with Crippen molar-refractivity contribution in [3.63, 3.8) is 0 Å². The van der Waals surface area contributed by atoms with Crippen molar-refractivity contribution < 1.29 is 0 Å². The second-order valence-electron chi connectivity index (χ2n) is 2.38. The highest BCUT2D eigenvalue weighted by Gasteiger charge is 2.01. The molecule has 1 aromatic heterocycles. The van der Waals surface area contributed by atoms with Crippen LogP contribution in [0.5, 0.6) is 0 Å². The Hall–Kier alpha value is -0.0500. The van der Waals surface area contributed by atoms with Crippen molar-refractivity contribution in [1.82, 2.24) is 4.98 Å². The molecule has 0 radical (unpaired) electrons. The molecule has 1 nitrogen and oxygen atoms in total. The van der Waals surface area contributed by atoms with Crippen molar-refractivity contribution in [3.05, 3.63) is 34.1 Å². The number of aromatic nitrogens is 1. The first-order valence-electron chi connectivity index (χ1n) is 3.78. The molecular formula is C9H8BrCl2N. The number of hydrogen-bond donors (Lipinski definition) is 0. The number of rotatable bonds is 3. The minimum Gasteiger partial charge on any atom is -0.244 e. The second kappa shape index (κ2) is 5.63. The number of alkyl halides is 1. The molecule has 0 aliphatic rings. The van der Waals surface area contributed by atoms with E-state index in [4.69, 9.17) is 23.2 Å². The summed E-state index contributed by atoms with van der Waals surface area (Å²) in [4.78, 5) is 3.94. The Balaban J connectivity index is 2.87. The summed E-state index contributed by atoms with van der Waals surface area (Å²) in [6.07, 6.45) is 6.43. The van der Waals surface area contributed by atoms with Crippen LogP contribution < -0.4 is 0 Å². The standard InChI is InChI=1S/C9H8BrCl2N/c10-5-2-1-3-7-8(11)4-6-13-9(7)12/h1,3-4,6H,2,5H2. The molecule has 0 unspecified atom stereocenters. The van der Waals surface area contributed by atoms with Gasteiger partial charge in [0, 0.05) is 17.1 Å². The van der Waals surface area contributed by atoms with Crippen LogP contribution >= 0.6 is 39.1 Å². The highest BCUT2D eigenvalue weighted by atomic mass is 79.9. The van der Waals surface area contributed by atoms with Gasteiger partial charge >= 0.3 is 0 Å². The van der Waals surface area contributed by atoms with E-state index in [0.717, 1.165) is 17.3 Å². The number of halogens is 3. The lowest BCUT2D eigenvalue weighted by atomic mass is 10.2. The molecule has 0 saturated heterocycles. The van der Waals surface area contributed by atoms with E-state index in [9.17, 15) is 0 Å². The van der Waals surface area contributed by atoms with E-state index in [-0.39, 0.29) is 0 Å². The van der Waals surface area contributed by atoms with Crippen LogP contribution in [0.4, 0.5) is 0 Å². The first-order chi connectivity index (χ1) is 6.25. The summed E-state index contributed by atoms with van der Waals surface area (Å²) in [5.41, 5.74) is 0.784. The summed E-state index contributed by atoms with van der Waals surface area (Å²) in [6.45, 7) is 0. The molecular weight excluding hydrogens is 273 g/mol. The molecule has 1 heterocycles. The summed E-state index contributed by atoms with van der Waals surface area (Å²) >= 11 is 15.1. The van der Waals surface area contributed by atoms with Crippen molar-refractivity contribution in [3.8, 4) is 0 Å². The molecule has 0 spiro atoms. The van der Waals surface area contributed by atoms with E-state index in [1.54, 1.807) is 12.3 Å². The van der Waals surface area contributed by atoms with Gasteiger partial charge in [-0.2, -0.15) is 0 Å². The van der Waals surface area contributed by atoms with E-state index in [1.807, 2.05) is 12.2 Å². The average Bonchev–Trinajstić information content (AvgIpc) is 2.10. The van der Waals surface area contributed by atoms with E-state index in [2.05, 4.69) is 20.9 Å². The Morgan fingerprint density at radius 3 is 2.85 bits per heavy atom. The largest absolute Gasteiger partial charge is 0.244 e. The van der Waals surface area contributed by atoms with Crippen molar-refractivity contribution in [2.75, 3.05) is 5.33 Å². The zero-order valence-corrected chi connectivity index (χ0v) is 9.90. The molecule has 0 saturated carbocycles. The van der Waals surface area contributed by atoms with Gasteiger partial charge in [0.15, 0.2) is 0 Å². The first-order valence-corrected chi connectivity index (χ1v) is 5.66. The molecule has 0 aromatic carbocycles. The molecule has 1 rings (SSSR count). The maximum atomic E-state index is 5.92. The molecule has 0 aliphatic heterocycles. The van der Waals surface area contributed by atoms with Gasteiger partial charge in [-0.15, -0.1) is 0 Å². The molecule has 0 bridgehead atoms. The number of pyridine rings is 1. The van der Waals surface area contributed by atoms with Crippen LogP contribution in [0.15, 0.2) is 18.3 Å². The number of hydrogen-bond acceptors (Lipinski definition) is 1. The van der Waals surface area contributed by atoms with Gasteiger partial charge in [0.2, 0.25) is 0 Å². The molecule has 0 N–H and O–H groups in total. The van der Waals surface area contributed by atoms with Crippen molar-refractivity contribution in [2.24, 2.45) is 0 Å². The maximum Gasteiger partial charge on any atom is 0.137 e. The van der Waals surface area contributed by atoms with E-state index >= 15 is 0 Å². The predicted molar refractivity (Wildman–Crippen MR) is 61.7 cm³/mol. The molecule has 0 fully saturated rings. The number of allylic oxidation sites excluding steroid dienone is 1. The summed E-state index contributed by atoms with van der Waals surface area (Å²) in [6, 6.07) is 1.72. The molecule has 70 valence electrons. The molecule has 0 aliphatic carbocycles. The lowest BCUT2D eigenvalue weighted by Crippen LogP contribution is -1.81. The van der Waals surface area contributed by atoms with Crippen molar-refractivity contribution in [1.29, 1.82) is 0 Å². The smallest absolute Gasteiger partial charge is 0.137 e. The molecule has 1 aromatic rings. The van der Waals surface area contributed by atoms with Gasteiger partial charge in [-0.05, 0) is 12.5 Å². The summed E-state index contributed by atoms with van der Waals surface area (Å²) in [5, 5.41) is 2.00. The van der Waals surface area contributed by atoms with Gasteiger partial charge in [-0.25, -0.2) is 4.98 Å². The Bertz CT molecular complexity index is 292. The van der Waals surface area contributed by atoms with Gasteiger partial charge in [0.05, 0.1) is 5.02 Å². The molecule has 0 atom stereocenters. The molecule has 13 heavy (non-hydrogen) atoms. The van der Waals surface area contributed by atoms with E-state index < -0.39 is 0 Å². The van der Waals surface area contributed by atoms with Gasteiger partial charge in [-0.3, -0.25) is 0 Å². The van der Waals surface area contributed by atoms with Gasteiger partial charge in [0.25, 0.3) is 0 Å². The van der Waals surface area contributed by atoms with E-state index in [1.165, 1.54) is 0 Å². The minimum atomic E-state index is 0.443. The van der Waals surface area contributed by atoms with Crippen LogP contribution in [0.25, 0.3) is 6.08 Å². The third-order valence-electron chi connectivity index (χ3n) is 1.45. The van der Waals surface area contributed by atoms with Crippen LogP contribution in [0.3, 0.4) is 0 Å². The fourth-order valence-corrected chi connectivity index (χ4v) is 1.58. The molecule has 0 amide bonds. The Morgan fingerprint density at radius 2 is 2.23 bits per heavy atom. The normalized spacial score (nSPS) is 11.0. The number of nitrogens with zero attached hydrogens (tertiary/aromatic N) is 1. The lowest BCUT2D eigenvalue weighted by molar-refractivity contribution is 1.26. The Morgan fingerprint density at radius 1 is 1.46 bits per heavy atom. The van der Waals surface area contributed by atoms with Crippen LogP contribution in [0, 0.1) is 0 Å². The fraction of sp³-hybridized carbons (Fsp3) is 0.222. The third kappa shape index (κ3) is 3.29. The van der Waals surface area contributed by atoms with Crippen molar-refractivity contribution >= 4 is 45.2 Å². The summed E-state index contributed by atoms with van der Waals surface area (Å²) < 4.78 is 0. The van der Waals surface area contributed by atoms with Gasteiger partial charge in [-0.1, -0.05) is 51.3 Å². The SMILES string of the molecule is Clc1ccnc(Cl)c1C=CCCBr. The van der Waals surface area contributed by atoms with Crippen LogP contribution in [-0.2, 0) is 0 Å². The zero-order valence-electron chi connectivity index (χ0n) is 6.80. The quantitative estimate of drug-likeness (QED) is 0.598. The summed E-state index contributed by atoms with van der Waals surface area (Å²) in [5.74, 6) is 0. The van der Waals surface area contributed by atoms with E-state index in [0.29, 0.717) is 10.2 Å². The Kier molecular flexibility index (Phi) is 4.78. The average molecular weight is 281 g/mol. The topological polar surface area (TPSA) is 12.9 Å². The molecule has 4 heteroatoms. The van der Waals surface area contributed by atoms with Gasteiger partial charge < -0.3 is 0 Å². The second-order valence-corrected chi connectivity index (χ2v) is 3.94. The highest BCUT2D eigenvalue weighted by Crippen LogP contribution is 2.23. The monoisotopic (exact) mass is 279 g/mol. The van der Waals surface area contributed by atoms with Gasteiger partial charge in [0.1, 0.15) is 5.15 Å². The fourth-order valence-electron chi connectivity index (χ4n) is 0.839. The minimum absolute atomic E-state index is 0.443. The first kappa shape index (κ1) is 11.0. The third-order valence-corrected chi connectivity index (χ3v) is 2.54. The van der Waals surface area contributed by atoms with Crippen molar-refractivity contribution in [2.45, 2.75) is 6.42 Å². The Labute approximate surface area is 95.9 Å². The maximum absolute atomic E-state index is 5.92. The lowest BCUT2D eigenvalue weighted by Gasteiger charge is -1.98. The van der Waals surface area contributed by atoms with Crippen LogP contribution in [0.2, 0.25) is 10.2 Å². The zero-order chi connectivity index (χ0) is 9.68.